The lowest BCUT2D eigenvalue weighted by molar-refractivity contribution is -0.121. The van der Waals surface area contributed by atoms with E-state index < -0.39 is 5.25 Å². The Morgan fingerprint density at radius 1 is 1.28 bits per heavy atom. The second-order valence-corrected chi connectivity index (χ2v) is 10.4. The molecular weight excluding hydrogens is 444 g/mol. The van der Waals surface area contributed by atoms with Crippen LogP contribution in [0.15, 0.2) is 34.2 Å². The molecule has 0 saturated heterocycles. The van der Waals surface area contributed by atoms with Gasteiger partial charge in [-0.25, -0.2) is 4.98 Å². The number of carbonyl (C=O) groups excluding carboxylic acids is 2. The topological polar surface area (TPSA) is 84.3 Å². The maximum absolute atomic E-state index is 13.4. The van der Waals surface area contributed by atoms with E-state index in [4.69, 9.17) is 4.98 Å². The van der Waals surface area contributed by atoms with Crippen LogP contribution in [0.4, 0.5) is 11.4 Å². The first-order chi connectivity index (χ1) is 15.3. The number of amides is 2. The molecule has 9 heteroatoms. The average molecular weight is 471 g/mol. The highest BCUT2D eigenvalue weighted by Gasteiger charge is 2.31. The molecule has 0 radical (unpaired) electrons. The zero-order chi connectivity index (χ0) is 23.0. The van der Waals surface area contributed by atoms with Gasteiger partial charge in [-0.1, -0.05) is 37.2 Å². The summed E-state index contributed by atoms with van der Waals surface area (Å²) in [5.74, 6) is -0.412. The van der Waals surface area contributed by atoms with Crippen LogP contribution in [0, 0.1) is 13.8 Å². The molecule has 1 aliphatic heterocycles. The van der Waals surface area contributed by atoms with Crippen LogP contribution in [0.2, 0.25) is 0 Å². The summed E-state index contributed by atoms with van der Waals surface area (Å²) in [5.41, 5.74) is 2.23. The summed E-state index contributed by atoms with van der Waals surface area (Å²) in [4.78, 5) is 46.9. The molecular formula is C23H26N4O3S2. The van der Waals surface area contributed by atoms with Crippen molar-refractivity contribution in [2.75, 3.05) is 16.8 Å². The number of hydrogen-bond acceptors (Lipinski definition) is 6. The Morgan fingerprint density at radius 2 is 2.03 bits per heavy atom. The number of carbonyl (C=O) groups is 2. The van der Waals surface area contributed by atoms with Gasteiger partial charge in [0.05, 0.1) is 22.0 Å². The van der Waals surface area contributed by atoms with Gasteiger partial charge < -0.3 is 5.32 Å². The maximum Gasteiger partial charge on any atom is 0.263 e. The van der Waals surface area contributed by atoms with Gasteiger partial charge in [-0.2, -0.15) is 0 Å². The third-order valence-corrected chi connectivity index (χ3v) is 7.83. The van der Waals surface area contributed by atoms with Crippen molar-refractivity contribution in [2.45, 2.75) is 57.5 Å². The van der Waals surface area contributed by atoms with Crippen molar-refractivity contribution < 1.29 is 9.59 Å². The molecule has 1 N–H and O–H groups in total. The number of para-hydroxylation sites is 2. The Kier molecular flexibility index (Phi) is 6.39. The van der Waals surface area contributed by atoms with Crippen molar-refractivity contribution >= 4 is 56.5 Å². The number of rotatable bonds is 6. The first-order valence-corrected chi connectivity index (χ1v) is 12.4. The molecule has 0 bridgehead atoms. The first-order valence-electron chi connectivity index (χ1n) is 10.7. The predicted octanol–water partition coefficient (Wildman–Crippen LogP) is 4.34. The van der Waals surface area contributed by atoms with Crippen LogP contribution >= 0.6 is 23.1 Å². The molecule has 1 aromatic carbocycles. The molecule has 1 aliphatic rings. The summed E-state index contributed by atoms with van der Waals surface area (Å²) in [6, 6.07) is 7.27. The van der Waals surface area contributed by atoms with Crippen molar-refractivity contribution in [1.82, 2.24) is 9.55 Å². The molecule has 4 rings (SSSR count). The van der Waals surface area contributed by atoms with Gasteiger partial charge in [0, 0.05) is 11.4 Å². The summed E-state index contributed by atoms with van der Waals surface area (Å²) in [6.45, 7) is 8.36. The summed E-state index contributed by atoms with van der Waals surface area (Å²) >= 11 is 2.79. The minimum Gasteiger partial charge on any atom is -0.323 e. The molecule has 168 valence electrons. The van der Waals surface area contributed by atoms with E-state index in [0.717, 1.165) is 23.3 Å². The van der Waals surface area contributed by atoms with E-state index in [0.29, 0.717) is 33.3 Å². The normalized spacial score (nSPS) is 14.4. The van der Waals surface area contributed by atoms with Crippen molar-refractivity contribution in [2.24, 2.45) is 0 Å². The van der Waals surface area contributed by atoms with Crippen molar-refractivity contribution in [1.29, 1.82) is 0 Å². The second kappa shape index (κ2) is 9.07. The van der Waals surface area contributed by atoms with E-state index in [-0.39, 0.29) is 23.9 Å². The van der Waals surface area contributed by atoms with Crippen LogP contribution in [0.3, 0.4) is 0 Å². The summed E-state index contributed by atoms with van der Waals surface area (Å²) in [5, 5.41) is 3.51. The van der Waals surface area contributed by atoms with Crippen LogP contribution in [-0.2, 0) is 16.1 Å². The van der Waals surface area contributed by atoms with E-state index >= 15 is 0 Å². The van der Waals surface area contributed by atoms with E-state index in [1.54, 1.807) is 17.6 Å². The third kappa shape index (κ3) is 4.06. The number of benzene rings is 1. The number of thioether (sulfide) groups is 1. The number of unbranched alkanes of at least 4 members (excludes halogenated alkanes) is 1. The van der Waals surface area contributed by atoms with Gasteiger partial charge in [0.2, 0.25) is 11.8 Å². The highest BCUT2D eigenvalue weighted by Crippen LogP contribution is 2.33. The van der Waals surface area contributed by atoms with Gasteiger partial charge >= 0.3 is 0 Å². The molecule has 2 amide bonds. The maximum atomic E-state index is 13.4. The Balaban J connectivity index is 1.69. The number of thiophene rings is 1. The van der Waals surface area contributed by atoms with Crippen molar-refractivity contribution in [3.63, 3.8) is 0 Å². The first kappa shape index (κ1) is 22.5. The quantitative estimate of drug-likeness (QED) is 0.428. The second-order valence-electron chi connectivity index (χ2n) is 7.92. The van der Waals surface area contributed by atoms with Crippen LogP contribution < -0.4 is 15.8 Å². The largest absolute Gasteiger partial charge is 0.323 e. The minimum absolute atomic E-state index is 0.0286. The SMILES string of the molecule is CCCCn1c(SC(C)C(=O)N2CC(=O)Nc3ccccc32)nc2sc(C)c(C)c2c1=O. The predicted molar refractivity (Wildman–Crippen MR) is 131 cm³/mol. The van der Waals surface area contributed by atoms with E-state index in [2.05, 4.69) is 12.2 Å². The van der Waals surface area contributed by atoms with Crippen LogP contribution in [0.25, 0.3) is 10.2 Å². The highest BCUT2D eigenvalue weighted by molar-refractivity contribution is 8.00. The molecule has 3 aromatic rings. The fourth-order valence-corrected chi connectivity index (χ4v) is 5.84. The highest BCUT2D eigenvalue weighted by atomic mass is 32.2. The summed E-state index contributed by atoms with van der Waals surface area (Å²) in [7, 11) is 0. The fourth-order valence-electron chi connectivity index (χ4n) is 3.77. The Bertz CT molecular complexity index is 1260. The number of aryl methyl sites for hydroxylation is 2. The minimum atomic E-state index is -0.520. The van der Waals surface area contributed by atoms with Crippen molar-refractivity contribution in [3.8, 4) is 0 Å². The molecule has 3 heterocycles. The molecule has 1 atom stereocenters. The third-order valence-electron chi connectivity index (χ3n) is 5.66. The molecule has 2 aromatic heterocycles. The Hall–Kier alpha value is -2.65. The zero-order valence-electron chi connectivity index (χ0n) is 18.6. The van der Waals surface area contributed by atoms with Gasteiger partial charge in [0.1, 0.15) is 11.4 Å². The van der Waals surface area contributed by atoms with E-state index in [9.17, 15) is 14.4 Å². The lowest BCUT2D eigenvalue weighted by atomic mass is 10.2. The molecule has 7 nitrogen and oxygen atoms in total. The molecule has 0 spiro atoms. The zero-order valence-corrected chi connectivity index (χ0v) is 20.2. The number of nitrogens with zero attached hydrogens (tertiary/aromatic N) is 3. The molecule has 0 fully saturated rings. The van der Waals surface area contributed by atoms with Gasteiger partial charge in [-0.3, -0.25) is 23.9 Å². The number of hydrogen-bond donors (Lipinski definition) is 1. The lowest BCUT2D eigenvalue weighted by Gasteiger charge is -2.31. The number of nitrogens with one attached hydrogen (secondary N) is 1. The number of aromatic nitrogens is 2. The van der Waals surface area contributed by atoms with Gasteiger partial charge in [-0.05, 0) is 44.9 Å². The van der Waals surface area contributed by atoms with Gasteiger partial charge in [-0.15, -0.1) is 11.3 Å². The van der Waals surface area contributed by atoms with Crippen molar-refractivity contribution in [3.05, 3.63) is 45.1 Å². The average Bonchev–Trinajstić information content (AvgIpc) is 3.05. The fraction of sp³-hybridized carbons (Fsp3) is 0.391. The smallest absolute Gasteiger partial charge is 0.263 e. The molecule has 0 saturated carbocycles. The summed E-state index contributed by atoms with van der Waals surface area (Å²) in [6.07, 6.45) is 1.80. The molecule has 0 aliphatic carbocycles. The van der Waals surface area contributed by atoms with Crippen LogP contribution in [-0.4, -0.2) is 33.2 Å². The van der Waals surface area contributed by atoms with Gasteiger partial charge in [0.15, 0.2) is 5.16 Å². The van der Waals surface area contributed by atoms with E-state index in [1.165, 1.54) is 28.0 Å². The Labute approximate surface area is 194 Å². The molecule has 32 heavy (non-hydrogen) atoms. The number of fused-ring (bicyclic) bond motifs is 2. The van der Waals surface area contributed by atoms with Crippen LogP contribution in [0.1, 0.15) is 37.1 Å². The van der Waals surface area contributed by atoms with Gasteiger partial charge in [0.25, 0.3) is 5.56 Å². The van der Waals surface area contributed by atoms with Crippen LogP contribution in [0.5, 0.6) is 0 Å². The molecule has 1 unspecified atom stereocenters. The summed E-state index contributed by atoms with van der Waals surface area (Å²) < 4.78 is 1.70. The lowest BCUT2D eigenvalue weighted by Crippen LogP contribution is -2.45. The van der Waals surface area contributed by atoms with E-state index in [1.807, 2.05) is 32.0 Å². The monoisotopic (exact) mass is 470 g/mol. The standard InChI is InChI=1S/C23H26N4O3S2/c1-5-6-11-26-22(30)19-13(2)14(3)31-20(19)25-23(26)32-15(4)21(29)27-12-18(28)24-16-9-7-8-10-17(16)27/h7-10,15H,5-6,11-12H2,1-4H3,(H,24,28). The number of anilines is 2. The Morgan fingerprint density at radius 3 is 2.78 bits per heavy atom.